The summed E-state index contributed by atoms with van der Waals surface area (Å²) in [5, 5.41) is 0. The van der Waals surface area contributed by atoms with E-state index in [4.69, 9.17) is 5.73 Å². The van der Waals surface area contributed by atoms with Crippen LogP contribution in [0.15, 0.2) is 41.3 Å². The number of hydrogen-bond donors (Lipinski definition) is 2. The highest BCUT2D eigenvalue weighted by atomic mass is 32.2. The summed E-state index contributed by atoms with van der Waals surface area (Å²) in [4.78, 5) is 11.0. The van der Waals surface area contributed by atoms with Gasteiger partial charge in [0.2, 0.25) is 5.91 Å². The lowest BCUT2D eigenvalue weighted by molar-refractivity contribution is 0.100. The normalized spacial score (nSPS) is 11.3. The molecule has 0 heterocycles. The van der Waals surface area contributed by atoms with Crippen LogP contribution in [0.25, 0.3) is 11.1 Å². The zero-order chi connectivity index (χ0) is 14.9. The molecule has 0 saturated carbocycles. The Kier molecular flexibility index (Phi) is 3.61. The van der Waals surface area contributed by atoms with Crippen molar-refractivity contribution in [1.29, 1.82) is 0 Å². The fraction of sp³-hybridized carbons (Fsp3) is 0.0714. The molecule has 2 aromatic rings. The molecule has 20 heavy (non-hydrogen) atoms. The fourth-order valence-electron chi connectivity index (χ4n) is 1.83. The number of rotatable bonds is 3. The van der Waals surface area contributed by atoms with Gasteiger partial charge in [0.25, 0.3) is 10.1 Å². The average molecular weight is 290 g/mol. The van der Waals surface area contributed by atoms with Crippen LogP contribution in [0, 0.1) is 13.0 Å². The molecule has 1 radical (unpaired) electrons. The SMILES string of the molecule is Cc1ccc(-c2[c]ccc(C(N)=O)c2)cc1S(=O)(=O)O. The predicted molar refractivity (Wildman–Crippen MR) is 73.8 cm³/mol. The van der Waals surface area contributed by atoms with E-state index in [1.807, 2.05) is 0 Å². The summed E-state index contributed by atoms with van der Waals surface area (Å²) in [6.07, 6.45) is 0. The number of carbonyl (C=O) groups is 1. The molecule has 0 bridgehead atoms. The van der Waals surface area contributed by atoms with Crippen molar-refractivity contribution >= 4 is 16.0 Å². The Morgan fingerprint density at radius 1 is 1.25 bits per heavy atom. The molecule has 0 fully saturated rings. The van der Waals surface area contributed by atoms with Gasteiger partial charge in [-0.2, -0.15) is 8.42 Å². The van der Waals surface area contributed by atoms with E-state index in [-0.39, 0.29) is 4.90 Å². The third-order valence-electron chi connectivity index (χ3n) is 2.86. The lowest BCUT2D eigenvalue weighted by Crippen LogP contribution is -2.10. The van der Waals surface area contributed by atoms with Crippen LogP contribution in [0.5, 0.6) is 0 Å². The molecule has 0 aliphatic rings. The van der Waals surface area contributed by atoms with Crippen LogP contribution >= 0.6 is 0 Å². The first-order valence-corrected chi connectivity index (χ1v) is 7.13. The third-order valence-corrected chi connectivity index (χ3v) is 3.86. The van der Waals surface area contributed by atoms with Gasteiger partial charge in [-0.3, -0.25) is 9.35 Å². The molecule has 0 saturated heterocycles. The van der Waals surface area contributed by atoms with E-state index in [2.05, 4.69) is 6.07 Å². The molecule has 0 aromatic heterocycles. The van der Waals surface area contributed by atoms with Gasteiger partial charge in [-0.05, 0) is 47.9 Å². The first-order chi connectivity index (χ1) is 9.29. The van der Waals surface area contributed by atoms with Gasteiger partial charge in [0.05, 0.1) is 4.90 Å². The van der Waals surface area contributed by atoms with Crippen molar-refractivity contribution in [3.8, 4) is 11.1 Å². The Bertz CT molecular complexity index is 782. The highest BCUT2D eigenvalue weighted by Crippen LogP contribution is 2.25. The maximum absolute atomic E-state index is 11.3. The topological polar surface area (TPSA) is 97.5 Å². The summed E-state index contributed by atoms with van der Waals surface area (Å²) in [6.45, 7) is 1.58. The van der Waals surface area contributed by atoms with E-state index in [0.29, 0.717) is 22.3 Å². The van der Waals surface area contributed by atoms with E-state index >= 15 is 0 Å². The summed E-state index contributed by atoms with van der Waals surface area (Å²) in [6, 6.07) is 12.0. The summed E-state index contributed by atoms with van der Waals surface area (Å²) in [5.41, 5.74) is 6.97. The predicted octanol–water partition coefficient (Wildman–Crippen LogP) is 1.81. The third kappa shape index (κ3) is 2.87. The van der Waals surface area contributed by atoms with Gasteiger partial charge in [-0.25, -0.2) is 0 Å². The Balaban J connectivity index is 2.60. The van der Waals surface area contributed by atoms with Gasteiger partial charge in [-0.1, -0.05) is 18.2 Å². The number of carbonyl (C=O) groups excluding carboxylic acids is 1. The Morgan fingerprint density at radius 2 is 1.95 bits per heavy atom. The molecule has 3 N–H and O–H groups in total. The van der Waals surface area contributed by atoms with Gasteiger partial charge < -0.3 is 5.73 Å². The molecule has 0 spiro atoms. The number of hydrogen-bond acceptors (Lipinski definition) is 3. The second-order valence-corrected chi connectivity index (χ2v) is 5.70. The molecule has 0 atom stereocenters. The minimum absolute atomic E-state index is 0.173. The monoisotopic (exact) mass is 290 g/mol. The minimum atomic E-state index is -4.30. The smallest absolute Gasteiger partial charge is 0.294 e. The van der Waals surface area contributed by atoms with E-state index < -0.39 is 16.0 Å². The van der Waals surface area contributed by atoms with Gasteiger partial charge in [0.15, 0.2) is 0 Å². The Hall–Kier alpha value is -2.18. The van der Waals surface area contributed by atoms with E-state index in [1.54, 1.807) is 19.1 Å². The molecule has 5 nitrogen and oxygen atoms in total. The summed E-state index contributed by atoms with van der Waals surface area (Å²) in [7, 11) is -4.30. The van der Waals surface area contributed by atoms with Crippen LogP contribution in [0.4, 0.5) is 0 Å². The molecule has 103 valence electrons. The van der Waals surface area contributed by atoms with Crippen molar-refractivity contribution in [2.45, 2.75) is 11.8 Å². The Labute approximate surface area is 116 Å². The van der Waals surface area contributed by atoms with E-state index in [1.165, 1.54) is 24.3 Å². The molecule has 2 aromatic carbocycles. The number of benzene rings is 2. The summed E-state index contributed by atoms with van der Waals surface area (Å²) >= 11 is 0. The zero-order valence-electron chi connectivity index (χ0n) is 10.6. The summed E-state index contributed by atoms with van der Waals surface area (Å²) < 4.78 is 31.7. The van der Waals surface area contributed by atoms with Crippen molar-refractivity contribution in [1.82, 2.24) is 0 Å². The van der Waals surface area contributed by atoms with Crippen LogP contribution in [-0.2, 0) is 10.1 Å². The van der Waals surface area contributed by atoms with Crippen molar-refractivity contribution in [3.63, 3.8) is 0 Å². The van der Waals surface area contributed by atoms with E-state index in [9.17, 15) is 17.8 Å². The van der Waals surface area contributed by atoms with Crippen molar-refractivity contribution in [3.05, 3.63) is 53.6 Å². The van der Waals surface area contributed by atoms with E-state index in [0.717, 1.165) is 0 Å². The Morgan fingerprint density at radius 3 is 2.55 bits per heavy atom. The second kappa shape index (κ2) is 5.07. The molecule has 1 amide bonds. The average Bonchev–Trinajstić information content (AvgIpc) is 2.38. The molecular weight excluding hydrogens is 278 g/mol. The highest BCUT2D eigenvalue weighted by molar-refractivity contribution is 7.85. The second-order valence-electron chi connectivity index (χ2n) is 4.31. The number of aryl methyl sites for hydroxylation is 1. The van der Waals surface area contributed by atoms with Crippen LogP contribution in [0.3, 0.4) is 0 Å². The van der Waals surface area contributed by atoms with Crippen LogP contribution in [0.1, 0.15) is 15.9 Å². The quantitative estimate of drug-likeness (QED) is 0.842. The van der Waals surface area contributed by atoms with Crippen LogP contribution in [-0.4, -0.2) is 18.9 Å². The molecule has 6 heteroatoms. The summed E-state index contributed by atoms with van der Waals surface area (Å²) in [5.74, 6) is -0.581. The molecule has 0 aliphatic carbocycles. The van der Waals surface area contributed by atoms with Crippen LogP contribution < -0.4 is 5.73 Å². The molecule has 0 unspecified atom stereocenters. The minimum Gasteiger partial charge on any atom is -0.366 e. The number of primary amides is 1. The van der Waals surface area contributed by atoms with Gasteiger partial charge >= 0.3 is 0 Å². The largest absolute Gasteiger partial charge is 0.366 e. The van der Waals surface area contributed by atoms with Crippen molar-refractivity contribution in [2.24, 2.45) is 5.73 Å². The maximum atomic E-state index is 11.3. The van der Waals surface area contributed by atoms with Crippen LogP contribution in [0.2, 0.25) is 0 Å². The number of amides is 1. The lowest BCUT2D eigenvalue weighted by Gasteiger charge is -2.07. The fourth-order valence-corrected chi connectivity index (χ4v) is 2.58. The molecule has 0 aliphatic heterocycles. The van der Waals surface area contributed by atoms with Gasteiger partial charge in [-0.15, -0.1) is 0 Å². The van der Waals surface area contributed by atoms with Crippen molar-refractivity contribution in [2.75, 3.05) is 0 Å². The van der Waals surface area contributed by atoms with Gasteiger partial charge in [0, 0.05) is 5.56 Å². The molecule has 2 rings (SSSR count). The first-order valence-electron chi connectivity index (χ1n) is 5.69. The zero-order valence-corrected chi connectivity index (χ0v) is 11.4. The van der Waals surface area contributed by atoms with Crippen molar-refractivity contribution < 1.29 is 17.8 Å². The number of nitrogens with two attached hydrogens (primary N) is 1. The standard InChI is InChI=1S/C14H12NO4S/c1-9-5-6-11(8-13(9)20(17,18)19)10-3-2-4-12(7-10)14(15)16/h2,4-8H,1H3,(H2,15,16)(H,17,18,19). The molecular formula is C14H12NO4S. The van der Waals surface area contributed by atoms with Gasteiger partial charge in [0.1, 0.15) is 0 Å². The lowest BCUT2D eigenvalue weighted by atomic mass is 10.0. The highest BCUT2D eigenvalue weighted by Gasteiger charge is 2.14. The first kappa shape index (κ1) is 14.2. The maximum Gasteiger partial charge on any atom is 0.294 e.